The summed E-state index contributed by atoms with van der Waals surface area (Å²) in [6, 6.07) is 0. The minimum absolute atomic E-state index is 0. The van der Waals surface area contributed by atoms with Crippen LogP contribution in [0.1, 0.15) is 9.78 Å². The van der Waals surface area contributed by atoms with Crippen LogP contribution in [0.15, 0.2) is 0 Å². The standard InChI is InChI=1S/C2H6O2.C2H4.Al.Mg.3H/c3-1-2-4;1-2;;;;;/h3-4H,1-2H2;1H,2H3;;;;;/q;;;+2;;2*-1. The van der Waals surface area contributed by atoms with Crippen molar-refractivity contribution in [2.24, 2.45) is 0 Å². The summed E-state index contributed by atoms with van der Waals surface area (Å²) in [5.41, 5.74) is 0. The largest absolute Gasteiger partial charge is 2.00 e. The molecule has 0 saturated carbocycles. The van der Waals surface area contributed by atoms with E-state index < -0.39 is 0 Å². The fraction of sp³-hybridized carbons (Fsp3) is 0.750. The number of hydrogen-bond acceptors (Lipinski definition) is 2. The van der Waals surface area contributed by atoms with E-state index in [2.05, 4.69) is 0 Å². The maximum atomic E-state index is 7.62. The molecule has 0 bridgehead atoms. The van der Waals surface area contributed by atoms with E-state index in [0.29, 0.717) is 0 Å². The Morgan fingerprint density at radius 3 is 1.62 bits per heavy atom. The van der Waals surface area contributed by atoms with Crippen molar-refractivity contribution in [3.63, 3.8) is 0 Å². The molecular weight excluding hydrogens is 131 g/mol. The molecule has 46 valence electrons. The molecule has 0 amide bonds. The molecule has 0 atom stereocenters. The minimum Gasteiger partial charge on any atom is -1.00 e. The van der Waals surface area contributed by atoms with Gasteiger partial charge in [0.05, 0.1) is 13.2 Å². The van der Waals surface area contributed by atoms with Crippen LogP contribution in [0, 0.1) is 0 Å². The normalized spacial score (nSPS) is 5.25. The van der Waals surface area contributed by atoms with Gasteiger partial charge in [-0.15, -0.1) is 0 Å². The van der Waals surface area contributed by atoms with Gasteiger partial charge >= 0.3 is 50.7 Å². The first kappa shape index (κ1) is 16.0. The quantitative estimate of drug-likeness (QED) is 0.441. The van der Waals surface area contributed by atoms with Crippen molar-refractivity contribution in [1.82, 2.24) is 0 Å². The molecule has 0 spiro atoms. The summed E-state index contributed by atoms with van der Waals surface area (Å²) in [6.07, 6.45) is 0. The molecule has 2 N–H and O–H groups in total. The third-order valence-electron chi connectivity index (χ3n) is 0.1000. The Bertz CT molecular complexity index is 40.4. The second-order valence-electron chi connectivity index (χ2n) is 0.855. The fourth-order valence-corrected chi connectivity index (χ4v) is 0. The van der Waals surface area contributed by atoms with Gasteiger partial charge in [-0.25, -0.2) is 0 Å². The summed E-state index contributed by atoms with van der Waals surface area (Å²) in [5.74, 6) is 0. The SMILES string of the molecule is C[CH]=[AlH].OCCO.[H-].[H-].[Mg+2]. The molecule has 0 rings (SSSR count). The van der Waals surface area contributed by atoms with Gasteiger partial charge in [0, 0.05) is 0 Å². The number of rotatable bonds is 1. The Balaban J connectivity index is -0.0000000131. The van der Waals surface area contributed by atoms with Gasteiger partial charge in [-0.05, 0) is 0 Å². The Morgan fingerprint density at radius 2 is 1.62 bits per heavy atom. The molecule has 0 aromatic rings. The molecular formula is C4H13AlMgO2. The van der Waals surface area contributed by atoms with Crippen LogP contribution in [-0.2, 0) is 0 Å². The summed E-state index contributed by atoms with van der Waals surface area (Å²) in [5, 5.41) is 15.2. The molecule has 0 aliphatic heterocycles. The van der Waals surface area contributed by atoms with Crippen molar-refractivity contribution in [1.29, 1.82) is 0 Å². The van der Waals surface area contributed by atoms with E-state index in [1.165, 1.54) is 0 Å². The maximum absolute atomic E-state index is 7.62. The van der Waals surface area contributed by atoms with Crippen molar-refractivity contribution >= 4 is 43.8 Å². The number of aliphatic hydroxyl groups excluding tert-OH is 2. The van der Waals surface area contributed by atoms with E-state index in [4.69, 9.17) is 10.2 Å². The van der Waals surface area contributed by atoms with Crippen LogP contribution in [0.3, 0.4) is 0 Å². The van der Waals surface area contributed by atoms with Crippen LogP contribution in [0.25, 0.3) is 0 Å². The van der Waals surface area contributed by atoms with E-state index in [1.54, 1.807) is 0 Å². The monoisotopic (exact) mass is 144 g/mol. The van der Waals surface area contributed by atoms with Crippen molar-refractivity contribution in [2.45, 2.75) is 6.92 Å². The van der Waals surface area contributed by atoms with Crippen LogP contribution in [0.5, 0.6) is 0 Å². The van der Waals surface area contributed by atoms with Crippen molar-refractivity contribution in [2.75, 3.05) is 13.2 Å². The average molecular weight is 144 g/mol. The number of aliphatic hydroxyl groups is 2. The molecule has 0 fully saturated rings. The second kappa shape index (κ2) is 24.3. The Kier molecular flexibility index (Phi) is 48.7. The maximum Gasteiger partial charge on any atom is 2.00 e. The average Bonchev–Trinajstić information content (AvgIpc) is 1.69. The van der Waals surface area contributed by atoms with Crippen LogP contribution in [0.2, 0.25) is 0 Å². The fourth-order valence-electron chi connectivity index (χ4n) is 0. The molecule has 2 nitrogen and oxygen atoms in total. The molecule has 0 radical (unpaired) electrons. The van der Waals surface area contributed by atoms with E-state index >= 15 is 0 Å². The zero-order chi connectivity index (χ0) is 6.12. The molecule has 0 aromatic heterocycles. The van der Waals surface area contributed by atoms with E-state index in [1.807, 2.05) is 27.7 Å². The third kappa shape index (κ3) is 60.2. The zero-order valence-electron chi connectivity index (χ0n) is 7.30. The molecule has 0 heterocycles. The van der Waals surface area contributed by atoms with Crippen LogP contribution in [0.4, 0.5) is 0 Å². The Hall–Kier alpha value is 1.09. The van der Waals surface area contributed by atoms with Crippen molar-refractivity contribution in [3.8, 4) is 0 Å². The van der Waals surface area contributed by atoms with Gasteiger partial charge in [-0.1, -0.05) is 0 Å². The van der Waals surface area contributed by atoms with Gasteiger partial charge in [-0.2, -0.15) is 0 Å². The number of hydrogen-bond donors (Lipinski definition) is 2. The molecule has 0 aromatic carbocycles. The van der Waals surface area contributed by atoms with Crippen LogP contribution >= 0.6 is 0 Å². The minimum atomic E-state index is -0.125. The van der Waals surface area contributed by atoms with Gasteiger partial charge < -0.3 is 13.1 Å². The molecule has 0 unspecified atom stereocenters. The van der Waals surface area contributed by atoms with Crippen LogP contribution in [-0.4, -0.2) is 67.2 Å². The first-order valence-corrected chi connectivity index (χ1v) is 2.93. The van der Waals surface area contributed by atoms with Crippen LogP contribution < -0.4 is 0 Å². The van der Waals surface area contributed by atoms with E-state index in [0.717, 1.165) is 0 Å². The summed E-state index contributed by atoms with van der Waals surface area (Å²) < 4.78 is 0. The van der Waals surface area contributed by atoms with Gasteiger partial charge in [-0.3, -0.25) is 0 Å². The van der Waals surface area contributed by atoms with Gasteiger partial charge in [0.1, 0.15) is 0 Å². The Morgan fingerprint density at radius 1 is 1.50 bits per heavy atom. The molecule has 0 saturated heterocycles. The predicted octanol–water partition coefficient (Wildman–Crippen LogP) is -1.48. The van der Waals surface area contributed by atoms with Gasteiger partial charge in [0.25, 0.3) is 0 Å². The summed E-state index contributed by atoms with van der Waals surface area (Å²) in [4.78, 5) is 2.03. The summed E-state index contributed by atoms with van der Waals surface area (Å²) >= 11 is 1.85. The molecule has 0 aliphatic carbocycles. The van der Waals surface area contributed by atoms with Crippen molar-refractivity contribution < 1.29 is 13.1 Å². The first-order chi connectivity index (χ1) is 3.33. The predicted molar refractivity (Wildman–Crippen MR) is 41.0 cm³/mol. The van der Waals surface area contributed by atoms with E-state index in [9.17, 15) is 0 Å². The molecule has 0 aliphatic rings. The zero-order valence-corrected chi connectivity index (χ0v) is 8.13. The topological polar surface area (TPSA) is 40.5 Å². The van der Waals surface area contributed by atoms with Gasteiger partial charge in [0.15, 0.2) is 0 Å². The Labute approximate surface area is 77.0 Å². The second-order valence-corrected chi connectivity index (χ2v) is 1.67. The molecule has 4 heteroatoms. The van der Waals surface area contributed by atoms with Crippen molar-refractivity contribution in [3.05, 3.63) is 0 Å². The smallest absolute Gasteiger partial charge is 1.00 e. The first-order valence-electron chi connectivity index (χ1n) is 2.12. The molecule has 8 heavy (non-hydrogen) atoms. The van der Waals surface area contributed by atoms with E-state index in [-0.39, 0.29) is 39.1 Å². The third-order valence-corrected chi connectivity index (χ3v) is 0.1000. The summed E-state index contributed by atoms with van der Waals surface area (Å²) in [6.45, 7) is 1.76. The summed E-state index contributed by atoms with van der Waals surface area (Å²) in [7, 11) is 0. The van der Waals surface area contributed by atoms with Gasteiger partial charge in [0.2, 0.25) is 0 Å².